The van der Waals surface area contributed by atoms with Gasteiger partial charge in [0.05, 0.1) is 28.7 Å². The molecule has 1 aliphatic carbocycles. The van der Waals surface area contributed by atoms with Crippen LogP contribution in [0.4, 0.5) is 0 Å². The molecule has 6 rings (SSSR count). The lowest BCUT2D eigenvalue weighted by molar-refractivity contribution is 0.436. The summed E-state index contributed by atoms with van der Waals surface area (Å²) < 4.78 is 8.21. The minimum absolute atomic E-state index is 0.594. The first-order chi connectivity index (χ1) is 15.6. The number of hydrogen-bond donors (Lipinski definition) is 0. The molecule has 4 aromatic carbocycles. The minimum Gasteiger partial charge on any atom is -0.457 e. The van der Waals surface area contributed by atoms with Gasteiger partial charge in [-0.3, -0.25) is 0 Å². The Morgan fingerprint density at radius 1 is 0.594 bits per heavy atom. The van der Waals surface area contributed by atoms with E-state index in [0.717, 1.165) is 53.8 Å². The van der Waals surface area contributed by atoms with Gasteiger partial charge in [0, 0.05) is 20.1 Å². The molecular weight excluding hydrogens is 528 g/mol. The number of benzene rings is 4. The summed E-state index contributed by atoms with van der Waals surface area (Å²) in [5, 5.41) is 19.4. The second-order valence-corrected chi connectivity index (χ2v) is 9.71. The smallest absolute Gasteiger partial charge is 0.132 e. The quantitative estimate of drug-likeness (QED) is 0.202. The molecule has 0 bridgehead atoms. The van der Waals surface area contributed by atoms with Crippen LogP contribution < -0.4 is 4.74 Å². The van der Waals surface area contributed by atoms with Crippen LogP contribution in [0.2, 0.25) is 0 Å². The molecule has 2 aliphatic rings. The third-order valence-corrected chi connectivity index (χ3v) is 7.29. The van der Waals surface area contributed by atoms with E-state index in [0.29, 0.717) is 11.1 Å². The Morgan fingerprint density at radius 2 is 1.06 bits per heavy atom. The first-order valence-electron chi connectivity index (χ1n) is 9.94. The molecule has 0 unspecified atom stereocenters. The maximum Gasteiger partial charge on any atom is 0.132 e. The third kappa shape index (κ3) is 2.44. The van der Waals surface area contributed by atoms with Crippen molar-refractivity contribution in [3.63, 3.8) is 0 Å². The van der Waals surface area contributed by atoms with Gasteiger partial charge in [0.2, 0.25) is 0 Å². The van der Waals surface area contributed by atoms with Crippen molar-refractivity contribution in [2.45, 2.75) is 5.41 Å². The Kier molecular flexibility index (Phi) is 4.11. The number of halogens is 2. The van der Waals surface area contributed by atoms with Crippen molar-refractivity contribution in [3.8, 4) is 34.8 Å². The van der Waals surface area contributed by atoms with Gasteiger partial charge in [0.15, 0.2) is 0 Å². The predicted molar refractivity (Wildman–Crippen MR) is 129 cm³/mol. The standard InChI is InChI=1S/C27H12Br2N2O/c28-17-3-7-25-23(11-17)27(24-12-18(29)4-8-26(24)32-25)21-9-15(13-30)1-5-19(21)20-6-2-16(14-31)10-22(20)27/h1-12H. The highest BCUT2D eigenvalue weighted by atomic mass is 79.9. The van der Waals surface area contributed by atoms with E-state index < -0.39 is 5.41 Å². The van der Waals surface area contributed by atoms with Crippen molar-refractivity contribution in [1.82, 2.24) is 0 Å². The lowest BCUT2D eigenvalue weighted by Gasteiger charge is -2.39. The van der Waals surface area contributed by atoms with Crippen molar-refractivity contribution < 1.29 is 4.74 Å². The number of ether oxygens (including phenoxy) is 1. The Labute approximate surface area is 201 Å². The first-order valence-corrected chi connectivity index (χ1v) is 11.5. The lowest BCUT2D eigenvalue weighted by Crippen LogP contribution is -2.32. The van der Waals surface area contributed by atoms with Crippen molar-refractivity contribution in [2.24, 2.45) is 0 Å². The maximum absolute atomic E-state index is 9.70. The van der Waals surface area contributed by atoms with E-state index in [4.69, 9.17) is 4.74 Å². The van der Waals surface area contributed by atoms with E-state index in [2.05, 4.69) is 56.1 Å². The number of nitriles is 2. The van der Waals surface area contributed by atoms with E-state index in [9.17, 15) is 10.5 Å². The molecule has 150 valence electrons. The summed E-state index contributed by atoms with van der Waals surface area (Å²) in [6.07, 6.45) is 0. The van der Waals surface area contributed by atoms with Gasteiger partial charge >= 0.3 is 0 Å². The van der Waals surface area contributed by atoms with Crippen LogP contribution in [-0.4, -0.2) is 0 Å². The van der Waals surface area contributed by atoms with E-state index in [1.807, 2.05) is 60.7 Å². The van der Waals surface area contributed by atoms with Gasteiger partial charge in [0.25, 0.3) is 0 Å². The van der Waals surface area contributed by atoms with Gasteiger partial charge in [-0.25, -0.2) is 0 Å². The zero-order chi connectivity index (χ0) is 22.0. The fourth-order valence-electron chi connectivity index (χ4n) is 5.08. The molecule has 0 saturated heterocycles. The molecule has 1 heterocycles. The highest BCUT2D eigenvalue weighted by Gasteiger charge is 2.51. The van der Waals surface area contributed by atoms with E-state index in [-0.39, 0.29) is 0 Å². The topological polar surface area (TPSA) is 56.8 Å². The van der Waals surface area contributed by atoms with Crippen molar-refractivity contribution in [2.75, 3.05) is 0 Å². The molecule has 0 amide bonds. The van der Waals surface area contributed by atoms with Crippen LogP contribution in [0.1, 0.15) is 33.4 Å². The van der Waals surface area contributed by atoms with Crippen LogP contribution in [0.25, 0.3) is 11.1 Å². The zero-order valence-corrected chi connectivity index (χ0v) is 19.7. The second kappa shape index (κ2) is 6.81. The van der Waals surface area contributed by atoms with Crippen LogP contribution in [0.3, 0.4) is 0 Å². The summed E-state index contributed by atoms with van der Waals surface area (Å²) in [5.74, 6) is 1.51. The normalized spacial score (nSPS) is 13.8. The molecule has 1 aliphatic heterocycles. The summed E-state index contributed by atoms with van der Waals surface area (Å²) >= 11 is 7.28. The van der Waals surface area contributed by atoms with Gasteiger partial charge in [0.1, 0.15) is 11.5 Å². The number of rotatable bonds is 0. The monoisotopic (exact) mass is 538 g/mol. The molecule has 3 nitrogen and oxygen atoms in total. The average molecular weight is 540 g/mol. The largest absolute Gasteiger partial charge is 0.457 e. The second-order valence-electron chi connectivity index (χ2n) is 7.88. The van der Waals surface area contributed by atoms with Gasteiger partial charge in [-0.05, 0) is 82.9 Å². The fourth-order valence-corrected chi connectivity index (χ4v) is 5.80. The summed E-state index contributed by atoms with van der Waals surface area (Å²) in [4.78, 5) is 0. The number of nitrogens with zero attached hydrogens (tertiary/aromatic N) is 2. The molecule has 5 heteroatoms. The van der Waals surface area contributed by atoms with Crippen LogP contribution in [0.5, 0.6) is 11.5 Å². The van der Waals surface area contributed by atoms with Crippen molar-refractivity contribution in [1.29, 1.82) is 10.5 Å². The number of hydrogen-bond acceptors (Lipinski definition) is 3. The Bertz CT molecular complexity index is 1440. The third-order valence-electron chi connectivity index (χ3n) is 6.31. The summed E-state index contributed by atoms with van der Waals surface area (Å²) in [6.45, 7) is 0. The van der Waals surface area contributed by atoms with Gasteiger partial charge in [-0.1, -0.05) is 44.0 Å². The van der Waals surface area contributed by atoms with E-state index >= 15 is 0 Å². The van der Waals surface area contributed by atoms with Crippen molar-refractivity contribution >= 4 is 31.9 Å². The van der Waals surface area contributed by atoms with Gasteiger partial charge in [-0.2, -0.15) is 10.5 Å². The van der Waals surface area contributed by atoms with Gasteiger partial charge < -0.3 is 4.74 Å². The summed E-state index contributed by atoms with van der Waals surface area (Å²) in [5.41, 5.74) is 6.56. The molecule has 0 radical (unpaired) electrons. The van der Waals surface area contributed by atoms with E-state index in [1.54, 1.807) is 0 Å². The molecule has 0 atom stereocenters. The highest BCUT2D eigenvalue weighted by molar-refractivity contribution is 9.10. The van der Waals surface area contributed by atoms with Crippen LogP contribution in [-0.2, 0) is 5.41 Å². The van der Waals surface area contributed by atoms with Crippen molar-refractivity contribution in [3.05, 3.63) is 115 Å². The fraction of sp³-hybridized carbons (Fsp3) is 0.0370. The van der Waals surface area contributed by atoms with Crippen LogP contribution in [0.15, 0.2) is 81.7 Å². The SMILES string of the molecule is N#Cc1ccc2c(c1)C1(c3cc(Br)ccc3Oc3ccc(Br)cc31)c1cc(C#N)ccc1-2. The summed E-state index contributed by atoms with van der Waals surface area (Å²) in [7, 11) is 0. The lowest BCUT2D eigenvalue weighted by atomic mass is 9.66. The Balaban J connectivity index is 1.87. The maximum atomic E-state index is 9.70. The predicted octanol–water partition coefficient (Wildman–Crippen LogP) is 7.42. The molecular formula is C27H12Br2N2O. The highest BCUT2D eigenvalue weighted by Crippen LogP contribution is 2.62. The summed E-state index contributed by atoms with van der Waals surface area (Å²) in [6, 6.07) is 28.3. The molecule has 1 spiro atoms. The number of fused-ring (bicyclic) bond motifs is 9. The van der Waals surface area contributed by atoms with Crippen LogP contribution >= 0.6 is 31.9 Å². The molecule has 0 N–H and O–H groups in total. The van der Waals surface area contributed by atoms with Crippen LogP contribution in [0, 0.1) is 22.7 Å². The molecule has 0 saturated carbocycles. The minimum atomic E-state index is -0.721. The van der Waals surface area contributed by atoms with Gasteiger partial charge in [-0.15, -0.1) is 0 Å². The molecule has 4 aromatic rings. The molecule has 0 fully saturated rings. The Morgan fingerprint density at radius 3 is 1.50 bits per heavy atom. The van der Waals surface area contributed by atoms with E-state index in [1.165, 1.54) is 0 Å². The average Bonchev–Trinajstić information content (AvgIpc) is 3.10. The molecule has 32 heavy (non-hydrogen) atoms. The Hall–Kier alpha value is -3.38. The first kappa shape index (κ1) is 19.3. The zero-order valence-electron chi connectivity index (χ0n) is 16.5. The molecule has 0 aromatic heterocycles.